The smallest absolute Gasteiger partial charge is 0.262 e. The van der Waals surface area contributed by atoms with E-state index < -0.39 is 0 Å². The van der Waals surface area contributed by atoms with E-state index in [9.17, 15) is 9.90 Å². The van der Waals surface area contributed by atoms with Gasteiger partial charge in [0.15, 0.2) is 0 Å². The Labute approximate surface area is 157 Å². The molecule has 1 saturated heterocycles. The minimum Gasteiger partial charge on any atom is -0.508 e. The summed E-state index contributed by atoms with van der Waals surface area (Å²) in [5, 5.41) is 9.40. The number of aromatic nitrogens is 1. The second-order valence-electron chi connectivity index (χ2n) is 6.67. The Hall–Kier alpha value is -3.35. The predicted octanol–water partition coefficient (Wildman–Crippen LogP) is 2.35. The van der Waals surface area contributed by atoms with Crippen molar-refractivity contribution in [3.8, 4) is 5.75 Å². The molecule has 2 aromatic rings. The van der Waals surface area contributed by atoms with Crippen LogP contribution in [0.5, 0.6) is 5.75 Å². The zero-order valence-corrected chi connectivity index (χ0v) is 14.9. The summed E-state index contributed by atoms with van der Waals surface area (Å²) in [4.78, 5) is 25.3. The van der Waals surface area contributed by atoms with E-state index in [1.807, 2.05) is 12.1 Å². The largest absolute Gasteiger partial charge is 0.508 e. The molecule has 0 atom stereocenters. The van der Waals surface area contributed by atoms with Crippen LogP contribution in [-0.2, 0) is 4.79 Å². The second kappa shape index (κ2) is 7.11. The first kappa shape index (κ1) is 17.1. The molecule has 0 radical (unpaired) electrons. The lowest BCUT2D eigenvalue weighted by Gasteiger charge is -2.16. The number of amides is 1. The highest BCUT2D eigenvalue weighted by atomic mass is 16.3. The summed E-state index contributed by atoms with van der Waals surface area (Å²) in [6.45, 7) is 2.39. The van der Waals surface area contributed by atoms with Gasteiger partial charge in [-0.3, -0.25) is 9.79 Å². The molecule has 3 N–H and O–H groups in total. The number of rotatable bonds is 4. The standard InChI is InChI=1S/C20H21N5O2/c21-18-13-25(15-4-6-16(26)7-5-15)20(27)17(18)12-22-14-3-8-19(23-11-14)24-9-1-2-10-24/h3-8,11-12,26H,1-2,9-10,13,21H2. The highest BCUT2D eigenvalue weighted by Crippen LogP contribution is 2.25. The van der Waals surface area contributed by atoms with E-state index >= 15 is 0 Å². The van der Waals surface area contributed by atoms with E-state index in [-0.39, 0.29) is 11.7 Å². The van der Waals surface area contributed by atoms with Crippen LogP contribution in [0.3, 0.4) is 0 Å². The summed E-state index contributed by atoms with van der Waals surface area (Å²) < 4.78 is 0. The molecule has 1 fully saturated rings. The van der Waals surface area contributed by atoms with Gasteiger partial charge in [-0.2, -0.15) is 0 Å². The number of aromatic hydroxyl groups is 1. The lowest BCUT2D eigenvalue weighted by atomic mass is 10.2. The van der Waals surface area contributed by atoms with Crippen LogP contribution >= 0.6 is 0 Å². The van der Waals surface area contributed by atoms with E-state index in [0.29, 0.717) is 29.2 Å². The van der Waals surface area contributed by atoms with Gasteiger partial charge in [-0.25, -0.2) is 4.98 Å². The highest BCUT2D eigenvalue weighted by molar-refractivity contribution is 6.22. The van der Waals surface area contributed by atoms with Crippen molar-refractivity contribution in [3.63, 3.8) is 0 Å². The molecule has 3 heterocycles. The average Bonchev–Trinajstić information content (AvgIpc) is 3.30. The quantitative estimate of drug-likeness (QED) is 0.813. The normalized spacial score (nSPS) is 17.6. The van der Waals surface area contributed by atoms with E-state index in [0.717, 1.165) is 18.9 Å². The first-order valence-electron chi connectivity index (χ1n) is 8.96. The summed E-state index contributed by atoms with van der Waals surface area (Å²) in [6, 6.07) is 10.3. The Morgan fingerprint density at radius 2 is 1.85 bits per heavy atom. The molecule has 0 spiro atoms. The molecule has 7 heteroatoms. The fourth-order valence-corrected chi connectivity index (χ4v) is 3.32. The maximum absolute atomic E-state index is 12.7. The average molecular weight is 363 g/mol. The van der Waals surface area contributed by atoms with E-state index in [4.69, 9.17) is 5.73 Å². The molecule has 0 unspecified atom stereocenters. The number of benzene rings is 1. The predicted molar refractivity (Wildman–Crippen MR) is 106 cm³/mol. The van der Waals surface area contributed by atoms with Gasteiger partial charge in [0.05, 0.1) is 24.0 Å². The molecule has 0 aliphatic carbocycles. The number of hydrogen-bond acceptors (Lipinski definition) is 6. The van der Waals surface area contributed by atoms with Gasteiger partial charge in [-0.1, -0.05) is 0 Å². The van der Waals surface area contributed by atoms with Crippen molar-refractivity contribution >= 4 is 29.3 Å². The van der Waals surface area contributed by atoms with Crippen LogP contribution in [0.4, 0.5) is 17.2 Å². The van der Waals surface area contributed by atoms with E-state index in [2.05, 4.69) is 14.9 Å². The number of pyridine rings is 1. The highest BCUT2D eigenvalue weighted by Gasteiger charge is 2.29. The summed E-state index contributed by atoms with van der Waals surface area (Å²) in [6.07, 6.45) is 5.62. The van der Waals surface area contributed by atoms with Crippen LogP contribution in [-0.4, -0.2) is 41.8 Å². The van der Waals surface area contributed by atoms with Crippen molar-refractivity contribution in [1.82, 2.24) is 4.98 Å². The first-order chi connectivity index (χ1) is 13.1. The molecule has 2 aliphatic heterocycles. The van der Waals surface area contributed by atoms with Crippen molar-refractivity contribution in [2.24, 2.45) is 10.7 Å². The van der Waals surface area contributed by atoms with Crippen LogP contribution in [0.15, 0.2) is 58.9 Å². The van der Waals surface area contributed by atoms with Gasteiger partial charge in [0.25, 0.3) is 5.91 Å². The van der Waals surface area contributed by atoms with Crippen molar-refractivity contribution in [1.29, 1.82) is 0 Å². The van der Waals surface area contributed by atoms with Gasteiger partial charge in [-0.15, -0.1) is 0 Å². The molecular weight excluding hydrogens is 342 g/mol. The Bertz CT molecular complexity index is 897. The zero-order valence-electron chi connectivity index (χ0n) is 14.9. The lowest BCUT2D eigenvalue weighted by Crippen LogP contribution is -2.27. The van der Waals surface area contributed by atoms with Gasteiger partial charge >= 0.3 is 0 Å². The Balaban J connectivity index is 1.47. The zero-order chi connectivity index (χ0) is 18.8. The maximum atomic E-state index is 12.7. The molecule has 0 saturated carbocycles. The Morgan fingerprint density at radius 1 is 1.11 bits per heavy atom. The number of carbonyl (C=O) groups excluding carboxylic acids is 1. The van der Waals surface area contributed by atoms with Crippen molar-refractivity contribution in [2.75, 3.05) is 29.4 Å². The molecular formula is C20H21N5O2. The van der Waals surface area contributed by atoms with E-state index in [1.165, 1.54) is 19.1 Å². The third-order valence-corrected chi connectivity index (χ3v) is 4.82. The Morgan fingerprint density at radius 3 is 2.52 bits per heavy atom. The van der Waals surface area contributed by atoms with Crippen LogP contribution in [0.2, 0.25) is 0 Å². The van der Waals surface area contributed by atoms with Gasteiger partial charge in [0, 0.05) is 30.7 Å². The lowest BCUT2D eigenvalue weighted by molar-refractivity contribution is -0.114. The number of carbonyl (C=O) groups is 1. The maximum Gasteiger partial charge on any atom is 0.262 e. The minimum absolute atomic E-state index is 0.151. The number of nitrogens with zero attached hydrogens (tertiary/aromatic N) is 4. The molecule has 7 nitrogen and oxygen atoms in total. The summed E-state index contributed by atoms with van der Waals surface area (Å²) >= 11 is 0. The fraction of sp³-hybridized carbons (Fsp3) is 0.250. The molecule has 1 aromatic heterocycles. The van der Waals surface area contributed by atoms with Crippen LogP contribution in [0.25, 0.3) is 0 Å². The summed E-state index contributed by atoms with van der Waals surface area (Å²) in [5.41, 5.74) is 8.26. The number of phenols is 1. The number of nitrogens with two attached hydrogens (primary N) is 1. The van der Waals surface area contributed by atoms with Gasteiger partial charge < -0.3 is 20.6 Å². The van der Waals surface area contributed by atoms with E-state index in [1.54, 1.807) is 35.4 Å². The number of aliphatic imine (C=N–C) groups is 1. The topological polar surface area (TPSA) is 95.0 Å². The van der Waals surface area contributed by atoms with Crippen LogP contribution in [0, 0.1) is 0 Å². The Kier molecular flexibility index (Phi) is 4.50. The molecule has 1 amide bonds. The number of phenolic OH excluding ortho intramolecular Hbond substituents is 1. The third-order valence-electron chi connectivity index (χ3n) is 4.82. The van der Waals surface area contributed by atoms with Crippen molar-refractivity contribution < 1.29 is 9.90 Å². The fourth-order valence-electron chi connectivity index (χ4n) is 3.32. The number of hydrogen-bond donors (Lipinski definition) is 2. The summed E-state index contributed by atoms with van der Waals surface area (Å²) in [5.74, 6) is 0.905. The van der Waals surface area contributed by atoms with Gasteiger partial charge in [-0.05, 0) is 49.2 Å². The van der Waals surface area contributed by atoms with Crippen molar-refractivity contribution in [3.05, 3.63) is 53.9 Å². The molecule has 1 aromatic carbocycles. The molecule has 27 heavy (non-hydrogen) atoms. The summed E-state index contributed by atoms with van der Waals surface area (Å²) in [7, 11) is 0. The third kappa shape index (κ3) is 3.48. The molecule has 0 bridgehead atoms. The van der Waals surface area contributed by atoms with Crippen LogP contribution < -0.4 is 15.5 Å². The SMILES string of the molecule is NC1=C(C=Nc2ccc(N3CCCC3)nc2)C(=O)N(c2ccc(O)cc2)C1. The second-order valence-corrected chi connectivity index (χ2v) is 6.67. The van der Waals surface area contributed by atoms with Gasteiger partial charge in [0.1, 0.15) is 11.6 Å². The first-order valence-corrected chi connectivity index (χ1v) is 8.96. The monoisotopic (exact) mass is 363 g/mol. The molecule has 2 aliphatic rings. The van der Waals surface area contributed by atoms with Gasteiger partial charge in [0.2, 0.25) is 0 Å². The molecule has 4 rings (SSSR count). The number of anilines is 2. The van der Waals surface area contributed by atoms with Crippen LogP contribution in [0.1, 0.15) is 12.8 Å². The molecule has 138 valence electrons. The van der Waals surface area contributed by atoms with Crippen molar-refractivity contribution in [2.45, 2.75) is 12.8 Å². The minimum atomic E-state index is -0.205.